The Morgan fingerprint density at radius 3 is 2.45 bits per heavy atom. The average Bonchev–Trinajstić information content (AvgIpc) is 3.17. The Labute approximate surface area is 220 Å². The number of carbonyl (C=O) groups is 3. The molecular weight excluding hydrogens is 480 g/mol. The number of aromatic nitrogens is 2. The molecule has 1 saturated heterocycles. The Hall–Kier alpha value is -5.05. The molecule has 4 amide bonds. The summed E-state index contributed by atoms with van der Waals surface area (Å²) in [6.07, 6.45) is 1.71. The van der Waals surface area contributed by atoms with E-state index in [4.69, 9.17) is 0 Å². The minimum absolute atomic E-state index is 0.0585. The number of imide groups is 1. The molecule has 38 heavy (non-hydrogen) atoms. The van der Waals surface area contributed by atoms with E-state index in [0.29, 0.717) is 23.7 Å². The van der Waals surface area contributed by atoms with Gasteiger partial charge >= 0.3 is 6.03 Å². The molecule has 0 aliphatic carbocycles. The van der Waals surface area contributed by atoms with Gasteiger partial charge in [0.15, 0.2) is 0 Å². The molecule has 1 aromatic heterocycles. The Bertz CT molecular complexity index is 1500. The number of carbonyl (C=O) groups excluding carboxylic acids is 3. The van der Waals surface area contributed by atoms with Gasteiger partial charge in [0.1, 0.15) is 6.54 Å². The van der Waals surface area contributed by atoms with Gasteiger partial charge in [-0.2, -0.15) is 0 Å². The van der Waals surface area contributed by atoms with E-state index >= 15 is 0 Å². The van der Waals surface area contributed by atoms with Crippen LogP contribution in [0.2, 0.25) is 0 Å². The standard InChI is InChI=1S/C29H26N6O3/c1-19-8-13-23(16-25(19)33-28-30-15-14-24(32-28)21-6-4-3-5-7-21)31-27(37)22-11-9-20(10-12-22)17-35-18-26(36)34(2)29(35)38/h3-16H,17-18H2,1-2H3,(H,31,37)(H,30,32,33). The van der Waals surface area contributed by atoms with Crippen LogP contribution in [0, 0.1) is 6.92 Å². The second-order valence-electron chi connectivity index (χ2n) is 9.03. The van der Waals surface area contributed by atoms with E-state index < -0.39 is 0 Å². The molecule has 9 heteroatoms. The van der Waals surface area contributed by atoms with Crippen LogP contribution in [0.5, 0.6) is 0 Å². The summed E-state index contributed by atoms with van der Waals surface area (Å²) in [4.78, 5) is 48.3. The van der Waals surface area contributed by atoms with Crippen LogP contribution in [-0.4, -0.2) is 51.2 Å². The van der Waals surface area contributed by atoms with Crippen molar-refractivity contribution in [3.05, 3.63) is 102 Å². The summed E-state index contributed by atoms with van der Waals surface area (Å²) in [5, 5.41) is 6.18. The maximum Gasteiger partial charge on any atom is 0.327 e. The highest BCUT2D eigenvalue weighted by Gasteiger charge is 2.32. The molecule has 0 unspecified atom stereocenters. The summed E-state index contributed by atoms with van der Waals surface area (Å²) in [6, 6.07) is 24.0. The smallest absolute Gasteiger partial charge is 0.324 e. The lowest BCUT2D eigenvalue weighted by atomic mass is 10.1. The van der Waals surface area contributed by atoms with Crippen molar-refractivity contribution in [3.8, 4) is 11.3 Å². The number of nitrogens with zero attached hydrogens (tertiary/aromatic N) is 4. The molecule has 2 N–H and O–H groups in total. The first-order valence-electron chi connectivity index (χ1n) is 12.1. The molecule has 0 bridgehead atoms. The first-order valence-corrected chi connectivity index (χ1v) is 12.1. The van der Waals surface area contributed by atoms with Gasteiger partial charge in [-0.25, -0.2) is 14.8 Å². The minimum Gasteiger partial charge on any atom is -0.324 e. The van der Waals surface area contributed by atoms with Crippen molar-refractivity contribution in [3.63, 3.8) is 0 Å². The number of hydrogen-bond acceptors (Lipinski definition) is 6. The quantitative estimate of drug-likeness (QED) is 0.347. The maximum absolute atomic E-state index is 12.9. The van der Waals surface area contributed by atoms with Gasteiger partial charge in [-0.3, -0.25) is 14.5 Å². The number of anilines is 3. The number of rotatable bonds is 7. The molecule has 0 saturated carbocycles. The summed E-state index contributed by atoms with van der Waals surface area (Å²) in [5.74, 6) is -0.0350. The zero-order valence-corrected chi connectivity index (χ0v) is 21.0. The number of benzene rings is 3. The Morgan fingerprint density at radius 2 is 1.74 bits per heavy atom. The van der Waals surface area contributed by atoms with Crippen molar-refractivity contribution in [1.82, 2.24) is 19.8 Å². The highest BCUT2D eigenvalue weighted by Crippen LogP contribution is 2.25. The number of amides is 4. The van der Waals surface area contributed by atoms with Crippen molar-refractivity contribution in [2.45, 2.75) is 13.5 Å². The summed E-state index contributed by atoms with van der Waals surface area (Å²) in [5.41, 5.74) is 5.48. The lowest BCUT2D eigenvalue weighted by Crippen LogP contribution is -2.29. The summed E-state index contributed by atoms with van der Waals surface area (Å²) in [7, 11) is 1.47. The fraction of sp³-hybridized carbons (Fsp3) is 0.138. The molecule has 1 aliphatic heterocycles. The van der Waals surface area contributed by atoms with Crippen LogP contribution in [0.1, 0.15) is 21.5 Å². The highest BCUT2D eigenvalue weighted by atomic mass is 16.2. The van der Waals surface area contributed by atoms with E-state index in [-0.39, 0.29) is 24.4 Å². The van der Waals surface area contributed by atoms with Gasteiger partial charge in [0.25, 0.3) is 5.91 Å². The van der Waals surface area contributed by atoms with Gasteiger partial charge in [-0.05, 0) is 48.4 Å². The molecule has 0 spiro atoms. The van der Waals surface area contributed by atoms with Crippen molar-refractivity contribution >= 4 is 35.2 Å². The third-order valence-corrected chi connectivity index (χ3v) is 6.31. The first-order chi connectivity index (χ1) is 18.4. The van der Waals surface area contributed by atoms with Crippen LogP contribution < -0.4 is 10.6 Å². The fourth-order valence-corrected chi connectivity index (χ4v) is 4.11. The van der Waals surface area contributed by atoms with Gasteiger partial charge in [-0.1, -0.05) is 48.5 Å². The number of aryl methyl sites for hydroxylation is 1. The van der Waals surface area contributed by atoms with Crippen molar-refractivity contribution in [1.29, 1.82) is 0 Å². The van der Waals surface area contributed by atoms with Gasteiger partial charge in [0.05, 0.1) is 5.69 Å². The summed E-state index contributed by atoms with van der Waals surface area (Å²) < 4.78 is 0. The zero-order valence-electron chi connectivity index (χ0n) is 21.0. The second-order valence-corrected chi connectivity index (χ2v) is 9.03. The first kappa shape index (κ1) is 24.6. The monoisotopic (exact) mass is 506 g/mol. The molecule has 4 aromatic rings. The van der Waals surface area contributed by atoms with E-state index in [9.17, 15) is 14.4 Å². The van der Waals surface area contributed by atoms with E-state index in [2.05, 4.69) is 20.6 Å². The van der Waals surface area contributed by atoms with Gasteiger partial charge in [-0.15, -0.1) is 0 Å². The molecule has 9 nitrogen and oxygen atoms in total. The van der Waals surface area contributed by atoms with Crippen LogP contribution in [0.25, 0.3) is 11.3 Å². The van der Waals surface area contributed by atoms with E-state index in [0.717, 1.165) is 33.0 Å². The van der Waals surface area contributed by atoms with Gasteiger partial charge < -0.3 is 15.5 Å². The molecule has 2 heterocycles. The summed E-state index contributed by atoms with van der Waals surface area (Å²) in [6.45, 7) is 2.32. The molecule has 0 radical (unpaired) electrons. The Morgan fingerprint density at radius 1 is 0.974 bits per heavy atom. The average molecular weight is 507 g/mol. The molecule has 3 aromatic carbocycles. The van der Waals surface area contributed by atoms with Crippen LogP contribution in [0.15, 0.2) is 85.1 Å². The Balaban J connectivity index is 1.25. The van der Waals surface area contributed by atoms with Gasteiger partial charge in [0, 0.05) is 42.3 Å². The lowest BCUT2D eigenvalue weighted by molar-refractivity contribution is -0.124. The zero-order chi connectivity index (χ0) is 26.6. The predicted octanol–water partition coefficient (Wildman–Crippen LogP) is 4.84. The maximum atomic E-state index is 12.9. The number of urea groups is 1. The largest absolute Gasteiger partial charge is 0.327 e. The molecular formula is C29H26N6O3. The van der Waals surface area contributed by atoms with E-state index in [1.165, 1.54) is 11.9 Å². The minimum atomic E-state index is -0.321. The van der Waals surface area contributed by atoms with Crippen LogP contribution in [0.4, 0.5) is 22.1 Å². The third-order valence-electron chi connectivity index (χ3n) is 6.31. The molecule has 5 rings (SSSR count). The van der Waals surface area contributed by atoms with E-state index in [1.807, 2.05) is 61.5 Å². The molecule has 1 aliphatic rings. The third kappa shape index (κ3) is 5.36. The van der Waals surface area contributed by atoms with Crippen molar-refractivity contribution in [2.75, 3.05) is 24.2 Å². The van der Waals surface area contributed by atoms with Crippen LogP contribution in [0.3, 0.4) is 0 Å². The van der Waals surface area contributed by atoms with E-state index in [1.54, 1.807) is 30.5 Å². The van der Waals surface area contributed by atoms with Crippen molar-refractivity contribution in [2.24, 2.45) is 0 Å². The highest BCUT2D eigenvalue weighted by molar-refractivity contribution is 6.04. The molecule has 0 atom stereocenters. The normalized spacial score (nSPS) is 13.1. The van der Waals surface area contributed by atoms with Crippen molar-refractivity contribution < 1.29 is 14.4 Å². The fourth-order valence-electron chi connectivity index (χ4n) is 4.11. The number of nitrogens with one attached hydrogen (secondary N) is 2. The van der Waals surface area contributed by atoms with Gasteiger partial charge in [0.2, 0.25) is 11.9 Å². The lowest BCUT2D eigenvalue weighted by Gasteiger charge is -2.15. The Kier molecular flexibility index (Phi) is 6.82. The second kappa shape index (κ2) is 10.5. The van der Waals surface area contributed by atoms with Crippen LogP contribution >= 0.6 is 0 Å². The van der Waals surface area contributed by atoms with Crippen LogP contribution in [-0.2, 0) is 11.3 Å². The SMILES string of the molecule is Cc1ccc(NC(=O)c2ccc(CN3CC(=O)N(C)C3=O)cc2)cc1Nc1nccc(-c2ccccc2)n1. The predicted molar refractivity (Wildman–Crippen MR) is 145 cm³/mol. The molecule has 1 fully saturated rings. The summed E-state index contributed by atoms with van der Waals surface area (Å²) >= 11 is 0. The molecule has 190 valence electrons. The topological polar surface area (TPSA) is 108 Å². The number of hydrogen-bond donors (Lipinski definition) is 2. The number of likely N-dealkylation sites (N-methyl/N-ethyl adjacent to an activating group) is 1.